The van der Waals surface area contributed by atoms with Gasteiger partial charge in [-0.3, -0.25) is 4.68 Å². The van der Waals surface area contributed by atoms with Crippen LogP contribution in [0.1, 0.15) is 23.9 Å². The van der Waals surface area contributed by atoms with Crippen LogP contribution in [0.4, 0.5) is 13.2 Å². The van der Waals surface area contributed by atoms with Gasteiger partial charge < -0.3 is 0 Å². The fourth-order valence-electron chi connectivity index (χ4n) is 1.35. The highest BCUT2D eigenvalue weighted by atomic mass is 19.4. The summed E-state index contributed by atoms with van der Waals surface area (Å²) < 4.78 is 38.1. The second-order valence-electron chi connectivity index (χ2n) is 2.76. The van der Waals surface area contributed by atoms with Gasteiger partial charge in [0.15, 0.2) is 5.69 Å². The van der Waals surface area contributed by atoms with Crippen molar-refractivity contribution in [1.29, 1.82) is 5.26 Å². The molecule has 0 spiro atoms. The number of nitriles is 1. The monoisotopic (exact) mass is 203 g/mol. The topological polar surface area (TPSA) is 41.6 Å². The van der Waals surface area contributed by atoms with Gasteiger partial charge in [0, 0.05) is 12.6 Å². The number of aromatic nitrogens is 2. The summed E-state index contributed by atoms with van der Waals surface area (Å²) in [4.78, 5) is 0. The van der Waals surface area contributed by atoms with Gasteiger partial charge in [0.05, 0.1) is 0 Å². The highest BCUT2D eigenvalue weighted by Gasteiger charge is 2.38. The summed E-state index contributed by atoms with van der Waals surface area (Å²) in [5.74, 6) is 0. The molecule has 0 unspecified atom stereocenters. The van der Waals surface area contributed by atoms with Crippen LogP contribution in [-0.4, -0.2) is 9.78 Å². The van der Waals surface area contributed by atoms with E-state index in [0.717, 1.165) is 0 Å². The van der Waals surface area contributed by atoms with Gasteiger partial charge in [0.1, 0.15) is 11.8 Å². The maximum atomic E-state index is 12.5. The summed E-state index contributed by atoms with van der Waals surface area (Å²) in [6, 6.07) is 1.65. The minimum Gasteiger partial charge on any atom is -0.262 e. The smallest absolute Gasteiger partial charge is 0.262 e. The van der Waals surface area contributed by atoms with E-state index in [0.29, 0.717) is 4.68 Å². The van der Waals surface area contributed by atoms with Crippen LogP contribution in [0.2, 0.25) is 0 Å². The summed E-state index contributed by atoms with van der Waals surface area (Å²) in [7, 11) is 1.18. The maximum absolute atomic E-state index is 12.5. The molecule has 0 amide bonds. The molecule has 0 aliphatic heterocycles. The lowest BCUT2D eigenvalue weighted by Crippen LogP contribution is -2.13. The summed E-state index contributed by atoms with van der Waals surface area (Å²) in [6.45, 7) is 1.56. The fraction of sp³-hybridized carbons (Fsp3) is 0.500. The zero-order chi connectivity index (χ0) is 10.9. The Bertz CT molecular complexity index is 384. The van der Waals surface area contributed by atoms with Crippen molar-refractivity contribution in [1.82, 2.24) is 9.78 Å². The molecule has 0 fully saturated rings. The van der Waals surface area contributed by atoms with Crippen molar-refractivity contribution in [2.24, 2.45) is 7.05 Å². The third kappa shape index (κ3) is 1.58. The summed E-state index contributed by atoms with van der Waals surface area (Å²) in [5.41, 5.74) is -1.03. The normalized spacial score (nSPS) is 11.4. The Hall–Kier alpha value is -1.51. The molecule has 0 aliphatic rings. The predicted molar refractivity (Wildman–Crippen MR) is 42.3 cm³/mol. The molecule has 1 aromatic heterocycles. The molecule has 3 nitrogen and oxygen atoms in total. The van der Waals surface area contributed by atoms with Crippen molar-refractivity contribution >= 4 is 0 Å². The quantitative estimate of drug-likeness (QED) is 0.699. The van der Waals surface area contributed by atoms with E-state index in [9.17, 15) is 13.2 Å². The molecule has 0 radical (unpaired) electrons. The van der Waals surface area contributed by atoms with Gasteiger partial charge in [-0.2, -0.15) is 23.5 Å². The Morgan fingerprint density at radius 1 is 1.50 bits per heavy atom. The predicted octanol–water partition coefficient (Wildman–Crippen LogP) is 1.87. The summed E-state index contributed by atoms with van der Waals surface area (Å²) in [5, 5.41) is 12.1. The van der Waals surface area contributed by atoms with E-state index in [2.05, 4.69) is 5.10 Å². The van der Waals surface area contributed by atoms with Crippen LogP contribution in [0, 0.1) is 11.3 Å². The van der Waals surface area contributed by atoms with Crippen molar-refractivity contribution < 1.29 is 13.2 Å². The lowest BCUT2D eigenvalue weighted by atomic mass is 10.1. The lowest BCUT2D eigenvalue weighted by Gasteiger charge is -2.08. The van der Waals surface area contributed by atoms with E-state index >= 15 is 0 Å². The number of hydrogen-bond donors (Lipinski definition) is 0. The molecule has 14 heavy (non-hydrogen) atoms. The summed E-state index contributed by atoms with van der Waals surface area (Å²) >= 11 is 0. The molecule has 1 aromatic rings. The van der Waals surface area contributed by atoms with Crippen LogP contribution in [0.3, 0.4) is 0 Å². The first-order valence-corrected chi connectivity index (χ1v) is 3.95. The Morgan fingerprint density at radius 3 is 2.43 bits per heavy atom. The average molecular weight is 203 g/mol. The Morgan fingerprint density at radius 2 is 2.07 bits per heavy atom. The van der Waals surface area contributed by atoms with Crippen molar-refractivity contribution in [3.05, 3.63) is 17.0 Å². The molecule has 0 saturated heterocycles. The number of halogens is 3. The first-order chi connectivity index (χ1) is 6.41. The van der Waals surface area contributed by atoms with Crippen LogP contribution in [-0.2, 0) is 19.6 Å². The molecule has 1 heterocycles. The molecule has 0 atom stereocenters. The summed E-state index contributed by atoms with van der Waals surface area (Å²) in [6.07, 6.45) is -4.31. The molecular weight excluding hydrogens is 195 g/mol. The Labute approximate surface area is 78.8 Å². The second kappa shape index (κ2) is 3.33. The second-order valence-corrected chi connectivity index (χ2v) is 2.76. The van der Waals surface area contributed by atoms with Crippen molar-refractivity contribution in [2.45, 2.75) is 19.5 Å². The van der Waals surface area contributed by atoms with Gasteiger partial charge >= 0.3 is 6.18 Å². The SMILES string of the molecule is CCc1c(C#N)nn(C)c1C(F)(F)F. The zero-order valence-electron chi connectivity index (χ0n) is 7.68. The van der Waals surface area contributed by atoms with E-state index < -0.39 is 11.9 Å². The van der Waals surface area contributed by atoms with Crippen LogP contribution in [0.15, 0.2) is 0 Å². The van der Waals surface area contributed by atoms with Crippen molar-refractivity contribution in [3.8, 4) is 6.07 Å². The lowest BCUT2D eigenvalue weighted by molar-refractivity contribution is -0.144. The van der Waals surface area contributed by atoms with Crippen LogP contribution in [0.25, 0.3) is 0 Å². The molecule has 0 aromatic carbocycles. The minimum absolute atomic E-state index is 0.0394. The van der Waals surface area contributed by atoms with Crippen LogP contribution >= 0.6 is 0 Å². The Kier molecular flexibility index (Phi) is 2.51. The highest BCUT2D eigenvalue weighted by Crippen LogP contribution is 2.33. The molecule has 0 bridgehead atoms. The van der Waals surface area contributed by atoms with Crippen molar-refractivity contribution in [2.75, 3.05) is 0 Å². The fourth-order valence-corrected chi connectivity index (χ4v) is 1.35. The van der Waals surface area contributed by atoms with Gasteiger partial charge in [-0.25, -0.2) is 0 Å². The molecular formula is C8H8F3N3. The molecule has 6 heteroatoms. The molecule has 0 N–H and O–H groups in total. The van der Waals surface area contributed by atoms with Gasteiger partial charge in [0.2, 0.25) is 0 Å². The molecule has 0 aliphatic carbocycles. The van der Waals surface area contributed by atoms with E-state index in [1.807, 2.05) is 0 Å². The van der Waals surface area contributed by atoms with Gasteiger partial charge in [-0.15, -0.1) is 0 Å². The molecule has 1 rings (SSSR count). The maximum Gasteiger partial charge on any atom is 0.433 e. The third-order valence-corrected chi connectivity index (χ3v) is 1.87. The first kappa shape index (κ1) is 10.6. The number of hydrogen-bond acceptors (Lipinski definition) is 2. The number of alkyl halides is 3. The van der Waals surface area contributed by atoms with Crippen LogP contribution in [0.5, 0.6) is 0 Å². The first-order valence-electron chi connectivity index (χ1n) is 3.95. The highest BCUT2D eigenvalue weighted by molar-refractivity contribution is 5.36. The number of rotatable bonds is 1. The third-order valence-electron chi connectivity index (χ3n) is 1.87. The number of aryl methyl sites for hydroxylation is 1. The number of nitrogens with zero attached hydrogens (tertiary/aromatic N) is 3. The van der Waals surface area contributed by atoms with E-state index in [4.69, 9.17) is 5.26 Å². The molecule has 0 saturated carbocycles. The molecule has 76 valence electrons. The van der Waals surface area contributed by atoms with E-state index in [-0.39, 0.29) is 17.7 Å². The average Bonchev–Trinajstić information content (AvgIpc) is 2.40. The van der Waals surface area contributed by atoms with Gasteiger partial charge in [-0.05, 0) is 6.42 Å². The zero-order valence-corrected chi connectivity index (χ0v) is 7.68. The minimum atomic E-state index is -4.46. The van der Waals surface area contributed by atoms with E-state index in [1.54, 1.807) is 13.0 Å². The van der Waals surface area contributed by atoms with Gasteiger partial charge in [-0.1, -0.05) is 6.92 Å². The standard InChI is InChI=1S/C8H8F3N3/c1-3-5-6(4-12)13-14(2)7(5)8(9,10)11/h3H2,1-2H3. The Balaban J connectivity index is 3.43. The van der Waals surface area contributed by atoms with Gasteiger partial charge in [0.25, 0.3) is 0 Å². The largest absolute Gasteiger partial charge is 0.433 e. The van der Waals surface area contributed by atoms with Crippen molar-refractivity contribution in [3.63, 3.8) is 0 Å². The van der Waals surface area contributed by atoms with Crippen LogP contribution < -0.4 is 0 Å². The van der Waals surface area contributed by atoms with E-state index in [1.165, 1.54) is 7.05 Å².